The molecule has 49 heavy (non-hydrogen) atoms. The van der Waals surface area contributed by atoms with Crippen molar-refractivity contribution in [2.45, 2.75) is 50.5 Å². The maximum absolute atomic E-state index is 13.0. The van der Waals surface area contributed by atoms with E-state index in [1.54, 1.807) is 0 Å². The topological polar surface area (TPSA) is 117 Å². The van der Waals surface area contributed by atoms with Crippen LogP contribution >= 0.6 is 11.6 Å². The van der Waals surface area contributed by atoms with Crippen LogP contribution < -0.4 is 5.32 Å². The largest absolute Gasteiger partial charge is 0.392 e. The lowest BCUT2D eigenvalue weighted by atomic mass is 9.84. The van der Waals surface area contributed by atoms with E-state index in [-0.39, 0.29) is 36.3 Å². The summed E-state index contributed by atoms with van der Waals surface area (Å²) in [5, 5.41) is 24.6. The molecular weight excluding hydrogens is 640 g/mol. The summed E-state index contributed by atoms with van der Waals surface area (Å²) in [6, 6.07) is 30.2. The highest BCUT2D eigenvalue weighted by Crippen LogP contribution is 2.43. The number of piperidine rings is 1. The summed E-state index contributed by atoms with van der Waals surface area (Å²) in [6.45, 7) is 4.26. The second kappa shape index (κ2) is 14.3. The second-order valence-electron chi connectivity index (χ2n) is 13.0. The molecule has 2 aliphatic rings. The number of hydrogen-bond acceptors (Lipinski definition) is 8. The Bertz CT molecular complexity index is 1900. The lowest BCUT2D eigenvalue weighted by molar-refractivity contribution is -0.277. The van der Waals surface area contributed by atoms with E-state index in [4.69, 9.17) is 21.1 Å². The molecule has 5 aromatic rings. The number of hydrogen-bond donors (Lipinski definition) is 3. The highest BCUT2D eigenvalue weighted by atomic mass is 35.5. The van der Waals surface area contributed by atoms with E-state index < -0.39 is 11.9 Å². The Kier molecular flexibility index (Phi) is 9.73. The zero-order valence-corrected chi connectivity index (χ0v) is 28.0. The molecule has 1 aromatic heterocycles. The average molecular weight is 679 g/mol. The summed E-state index contributed by atoms with van der Waals surface area (Å²) in [5.41, 5.74) is 4.91. The first-order valence-corrected chi connectivity index (χ1v) is 17.0. The minimum atomic E-state index is -0.888. The molecule has 2 aliphatic heterocycles. The molecule has 3 N–H and O–H groups in total. The lowest BCUT2D eigenvalue weighted by Gasteiger charge is -2.45. The van der Waals surface area contributed by atoms with Crippen LogP contribution in [-0.2, 0) is 21.7 Å². The van der Waals surface area contributed by atoms with E-state index in [1.165, 1.54) is 6.20 Å². The van der Waals surface area contributed by atoms with Gasteiger partial charge in [-0.05, 0) is 65.9 Å². The van der Waals surface area contributed by atoms with Crippen molar-refractivity contribution < 1.29 is 24.5 Å². The maximum Gasteiger partial charge on any atom is 0.275 e. The molecule has 9 nitrogen and oxygen atoms in total. The van der Waals surface area contributed by atoms with Gasteiger partial charge in [-0.25, -0.2) is 4.98 Å². The van der Waals surface area contributed by atoms with Gasteiger partial charge < -0.3 is 29.9 Å². The zero-order valence-electron chi connectivity index (χ0n) is 27.2. The van der Waals surface area contributed by atoms with Crippen LogP contribution in [0.15, 0.2) is 103 Å². The summed E-state index contributed by atoms with van der Waals surface area (Å²) < 4.78 is 13.3. The number of likely N-dealkylation sites (tertiary alicyclic amines) is 1. The van der Waals surface area contributed by atoms with Crippen LogP contribution in [0.4, 0.5) is 5.69 Å². The summed E-state index contributed by atoms with van der Waals surface area (Å²) in [4.78, 5) is 24.1. The van der Waals surface area contributed by atoms with Crippen molar-refractivity contribution in [3.63, 3.8) is 0 Å². The number of carbonyl (C=O) groups excluding carboxylic acids is 1. The van der Waals surface area contributed by atoms with Crippen molar-refractivity contribution in [2.75, 3.05) is 25.0 Å². The molecular formula is C39H39ClN4O5. The Morgan fingerprint density at radius 1 is 0.918 bits per heavy atom. The van der Waals surface area contributed by atoms with Crippen LogP contribution in [0.2, 0.25) is 5.02 Å². The minimum Gasteiger partial charge on any atom is -0.392 e. The summed E-state index contributed by atoms with van der Waals surface area (Å²) >= 11 is 6.09. The van der Waals surface area contributed by atoms with Crippen molar-refractivity contribution >= 4 is 34.2 Å². The Hall–Kier alpha value is -4.22. The Morgan fingerprint density at radius 2 is 1.59 bits per heavy atom. The summed E-state index contributed by atoms with van der Waals surface area (Å²) in [5.74, 6) is -0.323. The highest BCUT2D eigenvalue weighted by Gasteiger charge is 2.41. The molecule has 3 heterocycles. The number of aliphatic hydroxyl groups is 2. The van der Waals surface area contributed by atoms with E-state index >= 15 is 0 Å². The van der Waals surface area contributed by atoms with Gasteiger partial charge in [0.2, 0.25) is 0 Å². The molecule has 0 aliphatic carbocycles. The maximum atomic E-state index is 13.0. The lowest BCUT2D eigenvalue weighted by Crippen LogP contribution is -2.49. The molecule has 0 saturated carbocycles. The van der Waals surface area contributed by atoms with Crippen molar-refractivity contribution in [3.05, 3.63) is 136 Å². The summed E-state index contributed by atoms with van der Waals surface area (Å²) in [7, 11) is 0. The fraction of sp³-hybridized carbons (Fsp3) is 0.308. The van der Waals surface area contributed by atoms with Crippen LogP contribution in [0.5, 0.6) is 0 Å². The highest BCUT2D eigenvalue weighted by molar-refractivity contribution is 6.30. The van der Waals surface area contributed by atoms with Crippen LogP contribution in [0.25, 0.3) is 11.0 Å². The molecule has 0 bridgehead atoms. The van der Waals surface area contributed by atoms with E-state index in [0.717, 1.165) is 40.9 Å². The number of nitrogens with one attached hydrogen (secondary N) is 1. The van der Waals surface area contributed by atoms with Gasteiger partial charge in [0, 0.05) is 41.8 Å². The number of halogens is 1. The number of aromatic nitrogens is 2. The summed E-state index contributed by atoms with van der Waals surface area (Å²) in [6.07, 6.45) is 1.65. The normalized spacial score (nSPS) is 22.5. The van der Waals surface area contributed by atoms with Gasteiger partial charge in [-0.1, -0.05) is 79.2 Å². The van der Waals surface area contributed by atoms with Crippen LogP contribution in [0.1, 0.15) is 64.9 Å². The van der Waals surface area contributed by atoms with Crippen LogP contribution in [0, 0.1) is 5.92 Å². The van der Waals surface area contributed by atoms with E-state index in [0.29, 0.717) is 35.6 Å². The number of ether oxygens (including phenoxy) is 2. The third-order valence-electron chi connectivity index (χ3n) is 9.75. The van der Waals surface area contributed by atoms with Crippen molar-refractivity contribution in [3.8, 4) is 0 Å². The standard InChI is InChI=1S/C39H39ClN4O5/c1-25-35(23-44-20-18-39(47,19-21-44)29-12-14-30(40)15-13-29)48-38(49-36(25)27-8-6-26(24-45)7-9-27)28-10-16-31(17-11-28)42-37(46)34-22-41-32-4-2-3-5-33(32)43-34/h2-17,22,25,35-36,38,45,47H,18-21,23-24H2,1H3,(H,42,46)/t25-,35+,36+,38+/m0/s1. The van der Waals surface area contributed by atoms with E-state index in [2.05, 4.69) is 27.1 Å². The monoisotopic (exact) mass is 678 g/mol. The molecule has 4 aromatic carbocycles. The third kappa shape index (κ3) is 7.38. The molecule has 0 spiro atoms. The SMILES string of the molecule is C[C@H]1[C@@H](CN2CCC(O)(c3ccc(Cl)cc3)CC2)O[C@@H](c2ccc(NC(=O)c3cnc4ccccc4n3)cc2)O[C@H]1c1ccc(CO)cc1. The smallest absolute Gasteiger partial charge is 0.275 e. The number of rotatable bonds is 8. The average Bonchev–Trinajstić information content (AvgIpc) is 3.14. The molecule has 0 radical (unpaired) electrons. The van der Waals surface area contributed by atoms with E-state index in [1.807, 2.05) is 97.1 Å². The van der Waals surface area contributed by atoms with Gasteiger partial charge in [0.25, 0.3) is 5.91 Å². The van der Waals surface area contributed by atoms with Crippen molar-refractivity contribution in [2.24, 2.45) is 5.92 Å². The van der Waals surface area contributed by atoms with E-state index in [9.17, 15) is 15.0 Å². The molecule has 2 saturated heterocycles. The molecule has 10 heteroatoms. The van der Waals surface area contributed by atoms with Crippen molar-refractivity contribution in [1.29, 1.82) is 0 Å². The number of benzene rings is 4. The number of anilines is 1. The molecule has 1 amide bonds. The van der Waals surface area contributed by atoms with Gasteiger partial charge in [-0.3, -0.25) is 9.78 Å². The molecule has 7 rings (SSSR count). The number of fused-ring (bicyclic) bond motifs is 1. The van der Waals surface area contributed by atoms with Gasteiger partial charge >= 0.3 is 0 Å². The number of aliphatic hydroxyl groups excluding tert-OH is 1. The molecule has 0 unspecified atom stereocenters. The van der Waals surface area contributed by atoms with Gasteiger partial charge in [0.1, 0.15) is 5.69 Å². The number of amides is 1. The number of nitrogens with zero attached hydrogens (tertiary/aromatic N) is 3. The molecule has 2 fully saturated rings. The first kappa shape index (κ1) is 33.3. The number of carbonyl (C=O) groups is 1. The van der Waals surface area contributed by atoms with Crippen LogP contribution in [0.3, 0.4) is 0 Å². The second-order valence-corrected chi connectivity index (χ2v) is 13.4. The fourth-order valence-corrected chi connectivity index (χ4v) is 6.85. The van der Waals surface area contributed by atoms with Gasteiger partial charge in [0.05, 0.1) is 41.6 Å². The van der Waals surface area contributed by atoms with Gasteiger partial charge in [-0.15, -0.1) is 0 Å². The van der Waals surface area contributed by atoms with Crippen LogP contribution in [-0.4, -0.2) is 56.7 Å². The fourth-order valence-electron chi connectivity index (χ4n) is 6.72. The zero-order chi connectivity index (χ0) is 34.0. The first-order valence-electron chi connectivity index (χ1n) is 16.6. The Labute approximate surface area is 290 Å². The quantitative estimate of drug-likeness (QED) is 0.164. The van der Waals surface area contributed by atoms with Gasteiger partial charge in [-0.2, -0.15) is 0 Å². The third-order valence-corrected chi connectivity index (χ3v) is 10.0. The van der Waals surface area contributed by atoms with Crippen molar-refractivity contribution in [1.82, 2.24) is 14.9 Å². The van der Waals surface area contributed by atoms with Gasteiger partial charge in [0.15, 0.2) is 6.29 Å². The Morgan fingerprint density at radius 3 is 2.29 bits per heavy atom. The first-order chi connectivity index (χ1) is 23.8. The molecule has 252 valence electrons. The minimum absolute atomic E-state index is 0.0231. The predicted molar refractivity (Wildman–Crippen MR) is 188 cm³/mol. The molecule has 4 atom stereocenters. The Balaban J connectivity index is 1.06. The number of para-hydroxylation sites is 2. The predicted octanol–water partition coefficient (Wildman–Crippen LogP) is 6.80.